The third-order valence-electron chi connectivity index (χ3n) is 1.24. The number of hydrogen-bond donors (Lipinski definition) is 1. The van der Waals surface area contributed by atoms with E-state index in [0.29, 0.717) is 5.82 Å². The number of nitrogen functional groups attached to an aromatic ring is 1. The van der Waals surface area contributed by atoms with Crippen molar-refractivity contribution in [2.45, 2.75) is 0 Å². The van der Waals surface area contributed by atoms with Gasteiger partial charge < -0.3 is 5.73 Å². The lowest BCUT2D eigenvalue weighted by Crippen LogP contribution is -1.89. The summed E-state index contributed by atoms with van der Waals surface area (Å²) in [5.41, 5.74) is 5.45. The Labute approximate surface area is 67.3 Å². The summed E-state index contributed by atoms with van der Waals surface area (Å²) in [6, 6.07) is 0. The molecule has 0 saturated carbocycles. The van der Waals surface area contributed by atoms with E-state index in [1.807, 2.05) is 10.8 Å². The summed E-state index contributed by atoms with van der Waals surface area (Å²) in [5, 5.41) is 2.65. The molecule has 2 N–H and O–H groups in total. The van der Waals surface area contributed by atoms with Crippen LogP contribution in [0.25, 0.3) is 5.13 Å². The standard InChI is InChI=1S/C6H6N4S/c7-5-3-11-6(9-5)10-2-1-8-4-10/h1-4H,7H2. The normalized spacial score (nSPS) is 10.2. The van der Waals surface area contributed by atoms with Crippen molar-refractivity contribution in [3.8, 4) is 5.13 Å². The zero-order chi connectivity index (χ0) is 7.68. The van der Waals surface area contributed by atoms with E-state index in [-0.39, 0.29) is 0 Å². The van der Waals surface area contributed by atoms with Gasteiger partial charge in [0.1, 0.15) is 12.1 Å². The Bertz CT molecular complexity index is 337. The van der Waals surface area contributed by atoms with Crippen molar-refractivity contribution < 1.29 is 0 Å². The predicted molar refractivity (Wildman–Crippen MR) is 43.6 cm³/mol. The van der Waals surface area contributed by atoms with Crippen LogP contribution < -0.4 is 5.73 Å². The molecule has 11 heavy (non-hydrogen) atoms. The molecule has 5 heteroatoms. The summed E-state index contributed by atoms with van der Waals surface area (Å²) >= 11 is 1.49. The average molecular weight is 166 g/mol. The average Bonchev–Trinajstić information content (AvgIpc) is 2.55. The Morgan fingerprint density at radius 2 is 2.45 bits per heavy atom. The molecular formula is C6H6N4S. The van der Waals surface area contributed by atoms with E-state index >= 15 is 0 Å². The van der Waals surface area contributed by atoms with Crippen LogP contribution in [0.3, 0.4) is 0 Å². The Morgan fingerprint density at radius 3 is 3.00 bits per heavy atom. The van der Waals surface area contributed by atoms with Crippen LogP contribution in [-0.2, 0) is 0 Å². The van der Waals surface area contributed by atoms with Gasteiger partial charge in [-0.15, -0.1) is 11.3 Å². The fourth-order valence-electron chi connectivity index (χ4n) is 0.767. The molecule has 4 nitrogen and oxygen atoms in total. The summed E-state index contributed by atoms with van der Waals surface area (Å²) in [6.45, 7) is 0. The molecule has 0 aliphatic heterocycles. The maximum absolute atomic E-state index is 5.45. The highest BCUT2D eigenvalue weighted by Crippen LogP contribution is 2.14. The van der Waals surface area contributed by atoms with Gasteiger partial charge in [0.2, 0.25) is 0 Å². The lowest BCUT2D eigenvalue weighted by Gasteiger charge is -1.90. The van der Waals surface area contributed by atoms with E-state index in [1.165, 1.54) is 11.3 Å². The first-order valence-corrected chi connectivity index (χ1v) is 3.93. The maximum Gasteiger partial charge on any atom is 0.196 e. The van der Waals surface area contributed by atoms with Crippen LogP contribution in [0.5, 0.6) is 0 Å². The molecule has 0 bridgehead atoms. The fourth-order valence-corrected chi connectivity index (χ4v) is 1.43. The van der Waals surface area contributed by atoms with Crippen molar-refractivity contribution in [1.29, 1.82) is 0 Å². The SMILES string of the molecule is Nc1csc(-n2ccnc2)n1. The lowest BCUT2D eigenvalue weighted by atomic mass is 10.8. The van der Waals surface area contributed by atoms with Crippen molar-refractivity contribution >= 4 is 17.2 Å². The van der Waals surface area contributed by atoms with Crippen LogP contribution in [-0.4, -0.2) is 14.5 Å². The van der Waals surface area contributed by atoms with Crippen LogP contribution in [0.1, 0.15) is 0 Å². The van der Waals surface area contributed by atoms with Crippen LogP contribution in [0, 0.1) is 0 Å². The molecule has 2 rings (SSSR count). The molecule has 0 amide bonds. The van der Waals surface area contributed by atoms with Crippen LogP contribution in [0.2, 0.25) is 0 Å². The number of nitrogens with zero attached hydrogens (tertiary/aromatic N) is 3. The molecule has 0 radical (unpaired) electrons. The van der Waals surface area contributed by atoms with Gasteiger partial charge in [0.15, 0.2) is 5.13 Å². The number of nitrogens with two attached hydrogens (primary N) is 1. The minimum atomic E-state index is 0.554. The van der Waals surface area contributed by atoms with E-state index in [0.717, 1.165) is 5.13 Å². The summed E-state index contributed by atoms with van der Waals surface area (Å²) in [6.07, 6.45) is 5.23. The number of anilines is 1. The van der Waals surface area contributed by atoms with Gasteiger partial charge in [-0.05, 0) is 0 Å². The first-order chi connectivity index (χ1) is 5.36. The predicted octanol–water partition coefficient (Wildman–Crippen LogP) is 0.911. The van der Waals surface area contributed by atoms with E-state index in [2.05, 4.69) is 9.97 Å². The molecule has 2 aromatic rings. The van der Waals surface area contributed by atoms with Crippen molar-refractivity contribution in [2.24, 2.45) is 0 Å². The van der Waals surface area contributed by atoms with Gasteiger partial charge in [-0.1, -0.05) is 0 Å². The molecule has 0 spiro atoms. The summed E-state index contributed by atoms with van der Waals surface area (Å²) < 4.78 is 1.82. The van der Waals surface area contributed by atoms with Gasteiger partial charge in [0, 0.05) is 17.8 Å². The Kier molecular flexibility index (Phi) is 1.36. The highest BCUT2D eigenvalue weighted by molar-refractivity contribution is 7.12. The molecule has 0 atom stereocenters. The molecule has 0 aliphatic rings. The third kappa shape index (κ3) is 1.10. The Balaban J connectivity index is 2.45. The molecule has 2 aromatic heterocycles. The molecule has 2 heterocycles. The zero-order valence-corrected chi connectivity index (χ0v) is 6.45. The lowest BCUT2D eigenvalue weighted by molar-refractivity contribution is 1.03. The van der Waals surface area contributed by atoms with Gasteiger partial charge in [-0.25, -0.2) is 9.97 Å². The van der Waals surface area contributed by atoms with Gasteiger partial charge in [0.05, 0.1) is 0 Å². The zero-order valence-electron chi connectivity index (χ0n) is 5.64. The topological polar surface area (TPSA) is 56.7 Å². The van der Waals surface area contributed by atoms with E-state index < -0.39 is 0 Å². The number of hydrogen-bond acceptors (Lipinski definition) is 4. The van der Waals surface area contributed by atoms with Gasteiger partial charge >= 0.3 is 0 Å². The van der Waals surface area contributed by atoms with Crippen molar-refractivity contribution in [3.63, 3.8) is 0 Å². The molecular weight excluding hydrogens is 160 g/mol. The number of thiazole rings is 1. The summed E-state index contributed by atoms with van der Waals surface area (Å²) in [4.78, 5) is 7.97. The molecule has 0 fully saturated rings. The van der Waals surface area contributed by atoms with E-state index in [1.54, 1.807) is 17.9 Å². The Morgan fingerprint density at radius 1 is 1.55 bits per heavy atom. The van der Waals surface area contributed by atoms with Gasteiger partial charge in [-0.3, -0.25) is 4.57 Å². The second-order valence-corrected chi connectivity index (χ2v) is 2.86. The van der Waals surface area contributed by atoms with Crippen molar-refractivity contribution in [3.05, 3.63) is 24.1 Å². The second kappa shape index (κ2) is 2.35. The quantitative estimate of drug-likeness (QED) is 0.685. The highest BCUT2D eigenvalue weighted by atomic mass is 32.1. The van der Waals surface area contributed by atoms with Crippen molar-refractivity contribution in [1.82, 2.24) is 14.5 Å². The maximum atomic E-state index is 5.45. The molecule has 0 unspecified atom stereocenters. The molecule has 0 aromatic carbocycles. The van der Waals surface area contributed by atoms with Crippen molar-refractivity contribution in [2.75, 3.05) is 5.73 Å². The fraction of sp³-hybridized carbons (Fsp3) is 0. The van der Waals surface area contributed by atoms with Crippen LogP contribution in [0.4, 0.5) is 5.82 Å². The molecule has 56 valence electrons. The number of aromatic nitrogens is 3. The smallest absolute Gasteiger partial charge is 0.196 e. The first-order valence-electron chi connectivity index (χ1n) is 3.05. The second-order valence-electron chi connectivity index (χ2n) is 2.02. The van der Waals surface area contributed by atoms with Gasteiger partial charge in [-0.2, -0.15) is 0 Å². The monoisotopic (exact) mass is 166 g/mol. The minimum Gasteiger partial charge on any atom is -0.383 e. The largest absolute Gasteiger partial charge is 0.383 e. The van der Waals surface area contributed by atoms with Crippen LogP contribution in [0.15, 0.2) is 24.1 Å². The summed E-state index contributed by atoms with van der Waals surface area (Å²) in [7, 11) is 0. The minimum absolute atomic E-state index is 0.554. The Hall–Kier alpha value is -1.36. The number of rotatable bonds is 1. The molecule has 0 aliphatic carbocycles. The van der Waals surface area contributed by atoms with Crippen LogP contribution >= 0.6 is 11.3 Å². The van der Waals surface area contributed by atoms with E-state index in [4.69, 9.17) is 5.73 Å². The highest BCUT2D eigenvalue weighted by Gasteiger charge is 1.98. The third-order valence-corrected chi connectivity index (χ3v) is 2.11. The number of imidazole rings is 1. The molecule has 0 saturated heterocycles. The first kappa shape index (κ1) is 6.36. The van der Waals surface area contributed by atoms with Gasteiger partial charge in [0.25, 0.3) is 0 Å². The van der Waals surface area contributed by atoms with E-state index in [9.17, 15) is 0 Å². The summed E-state index contributed by atoms with van der Waals surface area (Å²) in [5.74, 6) is 0.554.